The Bertz CT molecular complexity index is 4820. The summed E-state index contributed by atoms with van der Waals surface area (Å²) in [5.74, 6) is 4.70. The van der Waals surface area contributed by atoms with E-state index in [1.54, 1.807) is 28.7 Å². The fourth-order valence-corrected chi connectivity index (χ4v) is 19.8. The lowest BCUT2D eigenvalue weighted by molar-refractivity contribution is 0.225. The first-order valence-electron chi connectivity index (χ1n) is 42.1. The van der Waals surface area contributed by atoms with E-state index < -0.39 is 6.85 Å². The van der Waals surface area contributed by atoms with Crippen molar-refractivity contribution in [3.63, 3.8) is 0 Å². The lowest BCUT2D eigenvalue weighted by atomic mass is 9.69. The summed E-state index contributed by atoms with van der Waals surface area (Å²) in [5, 5.41) is 13.5. The SMILES string of the molecule is Cc1c(C(C)(C)C)cc(C2CCC(C)(C)CC2)c2cc3ccccc3cc12.Cc1c(C(C)(C)C)cc(C2CCCCC2)c2cc3ccccc3cc12.Cc1ccoc1C(C)(C)C.Cc1ccsc1C(C)(C)C.Cc1oc(C(C)(C)C)c(C)c1C.Cc1sc(C(C)(C)C)c(C)c1C.[2H]C([2H])([2H])c1c(C)sc(C(C)(C)C)c1C. The second kappa shape index (κ2) is 35.0. The topological polar surface area (TPSA) is 26.3 Å². The normalized spacial score (nSPS) is 15.2. The number of aryl methyl sites for hydroxylation is 7. The monoisotopic (exact) mass is 1510 g/mol. The molecular formula is C103H146O2S3. The molecule has 0 unspecified atom stereocenters. The molecule has 0 radical (unpaired) electrons. The maximum absolute atomic E-state index is 7.51. The zero-order valence-corrected chi connectivity index (χ0v) is 76.9. The predicted octanol–water partition coefficient (Wildman–Crippen LogP) is 33.6. The minimum atomic E-state index is -1.98. The molecule has 6 aromatic carbocycles. The third-order valence-electron chi connectivity index (χ3n) is 22.9. The highest BCUT2D eigenvalue weighted by Crippen LogP contribution is 2.48. The Morgan fingerprint density at radius 1 is 0.370 bits per heavy atom. The minimum absolute atomic E-state index is 0.0308. The highest BCUT2D eigenvalue weighted by atomic mass is 32.1. The first-order chi connectivity index (χ1) is 50.9. The molecular weight excluding hydrogens is 1370 g/mol. The standard InChI is InChI=1S/C27H34.C25H30.C11H18O.2C11H18S.C9H14O.C9H14S/c1-18-22-15-20-9-7-8-10-21(20)16-24(22)23(17-25(18)26(2,3)4)19-11-13-27(5,6)14-12-19;1-17-21-14-19-12-8-9-13-20(19)15-23(21)22(16-24(17)25(2,3)4)18-10-6-5-7-11-18;3*1-7-8(2)10(11(4,5)6)12-9(7)3;2*1-7-5-6-10-8(7)9(2,3)4/h7-10,15-17,19H,11-14H2,1-6H3;8-9,12-16,18H,5-7,10-11H2,1-4H3;3*1-6H3;2*5-6H,1-4H3/i;;;1D3;;;. The lowest BCUT2D eigenvalue weighted by Gasteiger charge is -2.36. The molecule has 0 amide bonds. The van der Waals surface area contributed by atoms with E-state index in [1.807, 2.05) is 49.5 Å². The van der Waals surface area contributed by atoms with Crippen molar-refractivity contribution in [2.45, 2.75) is 357 Å². The second-order valence-corrected chi connectivity index (χ2v) is 43.5. The number of hydrogen-bond donors (Lipinski definition) is 0. The Balaban J connectivity index is 0.000000187. The number of furan rings is 2. The smallest absolute Gasteiger partial charge is 0.112 e. The molecule has 0 N–H and O–H groups in total. The molecule has 2 aliphatic carbocycles. The lowest BCUT2D eigenvalue weighted by Crippen LogP contribution is -2.21. The van der Waals surface area contributed by atoms with Gasteiger partial charge < -0.3 is 8.83 Å². The van der Waals surface area contributed by atoms with Crippen LogP contribution in [0.15, 0.2) is 118 Å². The average molecular weight is 1520 g/mol. The molecule has 11 aromatic rings. The molecule has 0 bridgehead atoms. The molecule has 2 nitrogen and oxygen atoms in total. The Labute approximate surface area is 675 Å². The molecule has 5 heterocycles. The molecule has 13 rings (SSSR count). The van der Waals surface area contributed by atoms with Crippen molar-refractivity contribution in [3.8, 4) is 0 Å². The van der Waals surface area contributed by atoms with Gasteiger partial charge in [-0.25, -0.2) is 0 Å². The van der Waals surface area contributed by atoms with Crippen LogP contribution in [0.1, 0.15) is 353 Å². The van der Waals surface area contributed by atoms with Gasteiger partial charge in [0.05, 0.1) is 6.26 Å². The fraction of sp³-hybridized carbons (Fsp3) is 0.534. The Morgan fingerprint density at radius 2 is 0.759 bits per heavy atom. The second-order valence-electron chi connectivity index (χ2n) is 40.1. The summed E-state index contributed by atoms with van der Waals surface area (Å²) >= 11 is 5.42. The van der Waals surface area contributed by atoms with Gasteiger partial charge in [-0.1, -0.05) is 239 Å². The molecule has 0 atom stereocenters. The summed E-state index contributed by atoms with van der Waals surface area (Å²) < 4.78 is 33.6. The van der Waals surface area contributed by atoms with Crippen LogP contribution in [0.4, 0.5) is 0 Å². The maximum Gasteiger partial charge on any atom is 0.112 e. The van der Waals surface area contributed by atoms with Crippen molar-refractivity contribution in [3.05, 3.63) is 228 Å². The van der Waals surface area contributed by atoms with E-state index >= 15 is 0 Å². The fourth-order valence-electron chi connectivity index (χ4n) is 16.5. The number of thiophene rings is 3. The van der Waals surface area contributed by atoms with Gasteiger partial charge in [0.25, 0.3) is 0 Å². The first-order valence-corrected chi connectivity index (χ1v) is 43.1. The van der Waals surface area contributed by atoms with Gasteiger partial charge in [0.2, 0.25) is 0 Å². The van der Waals surface area contributed by atoms with Crippen LogP contribution in [0.5, 0.6) is 0 Å². The Morgan fingerprint density at radius 3 is 1.03 bits per heavy atom. The Kier molecular flexibility index (Phi) is 27.3. The number of fused-ring (bicyclic) bond motifs is 4. The number of hydrogen-bond acceptors (Lipinski definition) is 5. The molecule has 108 heavy (non-hydrogen) atoms. The van der Waals surface area contributed by atoms with Crippen LogP contribution in [0, 0.1) is 95.4 Å². The van der Waals surface area contributed by atoms with Gasteiger partial charge in [-0.05, 0) is 336 Å². The van der Waals surface area contributed by atoms with E-state index in [2.05, 4.69) is 318 Å². The van der Waals surface area contributed by atoms with Gasteiger partial charge in [0.1, 0.15) is 17.3 Å². The first kappa shape index (κ1) is 84.5. The summed E-state index contributed by atoms with van der Waals surface area (Å²) in [4.78, 5) is 6.63. The van der Waals surface area contributed by atoms with Crippen molar-refractivity contribution in [1.29, 1.82) is 0 Å². The van der Waals surface area contributed by atoms with E-state index in [1.165, 1.54) is 176 Å². The van der Waals surface area contributed by atoms with Gasteiger partial charge in [0, 0.05) is 39.3 Å². The number of rotatable bonds is 2. The summed E-state index contributed by atoms with van der Waals surface area (Å²) in [6.45, 7) is 75.6. The zero-order valence-electron chi connectivity index (χ0n) is 77.5. The van der Waals surface area contributed by atoms with Crippen LogP contribution < -0.4 is 0 Å². The van der Waals surface area contributed by atoms with Crippen LogP contribution in [-0.4, -0.2) is 0 Å². The quantitative estimate of drug-likeness (QED) is 0.161. The largest absolute Gasteiger partial charge is 0.469 e. The molecule has 0 aliphatic heterocycles. The molecule has 2 fully saturated rings. The van der Waals surface area contributed by atoms with Gasteiger partial charge in [-0.3, -0.25) is 0 Å². The molecule has 5 heteroatoms. The van der Waals surface area contributed by atoms with Crippen molar-refractivity contribution in [2.75, 3.05) is 0 Å². The van der Waals surface area contributed by atoms with Gasteiger partial charge >= 0.3 is 0 Å². The summed E-state index contributed by atoms with van der Waals surface area (Å²) in [6, 6.07) is 36.7. The van der Waals surface area contributed by atoms with Gasteiger partial charge in [-0.15, -0.1) is 34.0 Å². The van der Waals surface area contributed by atoms with Crippen LogP contribution in [0.2, 0.25) is 0 Å². The Hall–Kier alpha value is -5.98. The van der Waals surface area contributed by atoms with E-state index in [0.29, 0.717) is 27.7 Å². The van der Waals surface area contributed by atoms with Crippen LogP contribution in [-0.2, 0) is 37.9 Å². The highest BCUT2D eigenvalue weighted by Gasteiger charge is 2.32. The maximum atomic E-state index is 7.51. The molecule has 0 saturated heterocycles. The number of benzene rings is 6. The summed E-state index contributed by atoms with van der Waals surface area (Å²) in [5.41, 5.74) is 20.7. The molecule has 2 saturated carbocycles. The third-order valence-corrected chi connectivity index (χ3v) is 27.7. The van der Waals surface area contributed by atoms with Crippen molar-refractivity contribution in [2.24, 2.45) is 5.41 Å². The van der Waals surface area contributed by atoms with Crippen molar-refractivity contribution < 1.29 is 12.9 Å². The highest BCUT2D eigenvalue weighted by molar-refractivity contribution is 7.12. The van der Waals surface area contributed by atoms with Crippen LogP contribution >= 0.6 is 34.0 Å². The molecule has 588 valence electrons. The van der Waals surface area contributed by atoms with E-state index in [4.69, 9.17) is 12.9 Å². The molecule has 2 aliphatic rings. The summed E-state index contributed by atoms with van der Waals surface area (Å²) in [7, 11) is 0. The van der Waals surface area contributed by atoms with Gasteiger partial charge in [-0.2, -0.15) is 0 Å². The van der Waals surface area contributed by atoms with Crippen LogP contribution in [0.25, 0.3) is 43.1 Å². The average Bonchev–Trinajstić information content (AvgIpc) is 1.66. The zero-order chi connectivity index (χ0) is 83.6. The van der Waals surface area contributed by atoms with Gasteiger partial charge in [0.15, 0.2) is 0 Å². The molecule has 5 aromatic heterocycles. The van der Waals surface area contributed by atoms with Crippen molar-refractivity contribution >= 4 is 77.1 Å². The third kappa shape index (κ3) is 22.2. The van der Waals surface area contributed by atoms with E-state index in [-0.39, 0.29) is 27.1 Å². The predicted molar refractivity (Wildman–Crippen MR) is 487 cm³/mol. The molecule has 0 spiro atoms. The summed E-state index contributed by atoms with van der Waals surface area (Å²) in [6.07, 6.45) is 14.0. The van der Waals surface area contributed by atoms with E-state index in [9.17, 15) is 0 Å². The minimum Gasteiger partial charge on any atom is -0.469 e. The van der Waals surface area contributed by atoms with Crippen LogP contribution in [0.3, 0.4) is 0 Å². The van der Waals surface area contributed by atoms with E-state index in [0.717, 1.165) is 33.6 Å². The van der Waals surface area contributed by atoms with Crippen molar-refractivity contribution in [1.82, 2.24) is 0 Å².